The molecule has 0 bridgehead atoms. The number of carbonyl (C=O) groups excluding carboxylic acids is 2. The van der Waals surface area contributed by atoms with E-state index in [0.717, 1.165) is 28.6 Å². The number of amides is 1. The molecular formula is C22H25FN2O7S. The Hall–Kier alpha value is -3.34. The number of hydrogen-bond donors (Lipinski definition) is 1. The summed E-state index contributed by atoms with van der Waals surface area (Å²) in [5.74, 6) is -1.22. The summed E-state index contributed by atoms with van der Waals surface area (Å²) in [6, 6.07) is 8.61. The van der Waals surface area contributed by atoms with Crippen molar-refractivity contribution >= 4 is 33.5 Å². The second kappa shape index (κ2) is 9.26. The maximum absolute atomic E-state index is 13.4. The third kappa shape index (κ3) is 5.72. The van der Waals surface area contributed by atoms with Crippen LogP contribution in [0.15, 0.2) is 47.4 Å². The molecule has 0 radical (unpaired) electrons. The molecule has 1 unspecified atom stereocenters. The topological polar surface area (TPSA) is 111 Å². The number of halogens is 1. The maximum atomic E-state index is 13.4. The molecule has 3 rings (SSSR count). The van der Waals surface area contributed by atoms with Gasteiger partial charge in [0.05, 0.1) is 23.7 Å². The standard InChI is InChI=1S/C22H25FN2O7S/c1-5-30-20(26)19-13-25(33(28,29)16-9-6-14(23)7-10-16)17-12-15(8-11-18(17)31-19)24-21(27)32-22(2,3)4/h6-12,19H,5,13H2,1-4H3,(H,24,27). The Kier molecular flexibility index (Phi) is 6.82. The van der Waals surface area contributed by atoms with Crippen molar-refractivity contribution < 1.29 is 36.6 Å². The number of nitrogens with zero attached hydrogens (tertiary/aromatic N) is 1. The number of sulfonamides is 1. The van der Waals surface area contributed by atoms with E-state index in [1.54, 1.807) is 27.7 Å². The van der Waals surface area contributed by atoms with E-state index in [2.05, 4.69) is 5.32 Å². The van der Waals surface area contributed by atoms with Gasteiger partial charge in [0.2, 0.25) is 6.10 Å². The van der Waals surface area contributed by atoms with Crippen LogP contribution in [-0.2, 0) is 24.3 Å². The van der Waals surface area contributed by atoms with Gasteiger partial charge in [-0.15, -0.1) is 0 Å². The van der Waals surface area contributed by atoms with E-state index < -0.39 is 39.6 Å². The lowest BCUT2D eigenvalue weighted by atomic mass is 10.2. The van der Waals surface area contributed by atoms with Crippen LogP contribution in [0.5, 0.6) is 5.75 Å². The van der Waals surface area contributed by atoms with E-state index in [1.807, 2.05) is 0 Å². The highest BCUT2D eigenvalue weighted by Crippen LogP contribution is 2.39. The predicted octanol–water partition coefficient (Wildman–Crippen LogP) is 3.69. The molecule has 1 aliphatic rings. The highest BCUT2D eigenvalue weighted by molar-refractivity contribution is 7.92. The molecule has 2 aromatic rings. The third-order valence-electron chi connectivity index (χ3n) is 4.42. The molecule has 0 fully saturated rings. The van der Waals surface area contributed by atoms with Crippen molar-refractivity contribution in [1.82, 2.24) is 0 Å². The Morgan fingerprint density at radius 2 is 1.85 bits per heavy atom. The van der Waals surface area contributed by atoms with E-state index >= 15 is 0 Å². The summed E-state index contributed by atoms with van der Waals surface area (Å²) in [7, 11) is -4.21. The van der Waals surface area contributed by atoms with Crippen LogP contribution in [0.2, 0.25) is 0 Å². The molecule has 1 aliphatic heterocycles. The second-order valence-electron chi connectivity index (χ2n) is 8.16. The number of fused-ring (bicyclic) bond motifs is 1. The first-order valence-electron chi connectivity index (χ1n) is 10.2. The normalized spacial score (nSPS) is 15.8. The number of carbonyl (C=O) groups is 2. The number of esters is 1. The average Bonchev–Trinajstić information content (AvgIpc) is 2.72. The molecule has 0 spiro atoms. The minimum absolute atomic E-state index is 0.0911. The van der Waals surface area contributed by atoms with Crippen LogP contribution in [0.4, 0.5) is 20.6 Å². The predicted molar refractivity (Wildman–Crippen MR) is 118 cm³/mol. The van der Waals surface area contributed by atoms with Crippen LogP contribution in [-0.4, -0.2) is 45.3 Å². The molecule has 1 atom stereocenters. The van der Waals surface area contributed by atoms with Gasteiger partial charge in [0, 0.05) is 5.69 Å². The third-order valence-corrected chi connectivity index (χ3v) is 6.22. The first-order chi connectivity index (χ1) is 15.4. The molecule has 1 amide bonds. The van der Waals surface area contributed by atoms with E-state index in [4.69, 9.17) is 14.2 Å². The monoisotopic (exact) mass is 480 g/mol. The minimum atomic E-state index is -4.21. The fourth-order valence-electron chi connectivity index (χ4n) is 3.07. The van der Waals surface area contributed by atoms with E-state index in [9.17, 15) is 22.4 Å². The number of rotatable bonds is 5. The van der Waals surface area contributed by atoms with Crippen molar-refractivity contribution in [1.29, 1.82) is 0 Å². The summed E-state index contributed by atoms with van der Waals surface area (Å²) < 4.78 is 57.0. The van der Waals surface area contributed by atoms with Crippen molar-refractivity contribution in [3.63, 3.8) is 0 Å². The summed E-state index contributed by atoms with van der Waals surface area (Å²) in [4.78, 5) is 24.3. The van der Waals surface area contributed by atoms with Crippen LogP contribution >= 0.6 is 0 Å². The highest BCUT2D eigenvalue weighted by Gasteiger charge is 2.38. The van der Waals surface area contributed by atoms with Gasteiger partial charge in [-0.05, 0) is 70.2 Å². The SMILES string of the molecule is CCOC(=O)C1CN(S(=O)(=O)c2ccc(F)cc2)c2cc(NC(=O)OC(C)(C)C)ccc2O1. The smallest absolute Gasteiger partial charge is 0.412 e. The van der Waals surface area contributed by atoms with Crippen molar-refractivity contribution in [2.75, 3.05) is 22.8 Å². The summed E-state index contributed by atoms with van der Waals surface area (Å²) in [6.07, 6.45) is -1.94. The Labute approximate surface area is 191 Å². The molecule has 1 N–H and O–H groups in total. The van der Waals surface area contributed by atoms with E-state index in [-0.39, 0.29) is 35.2 Å². The Bertz CT molecular complexity index is 1140. The molecule has 33 heavy (non-hydrogen) atoms. The van der Waals surface area contributed by atoms with Gasteiger partial charge in [0.25, 0.3) is 10.0 Å². The van der Waals surface area contributed by atoms with Crippen molar-refractivity contribution in [3.05, 3.63) is 48.3 Å². The molecule has 0 saturated carbocycles. The van der Waals surface area contributed by atoms with Crippen molar-refractivity contribution in [2.45, 2.75) is 44.3 Å². The second-order valence-corrected chi connectivity index (χ2v) is 10.0. The van der Waals surface area contributed by atoms with Crippen molar-refractivity contribution in [3.8, 4) is 5.75 Å². The molecule has 9 nitrogen and oxygen atoms in total. The lowest BCUT2D eigenvalue weighted by molar-refractivity contribution is -0.151. The molecule has 0 aliphatic carbocycles. The zero-order chi connectivity index (χ0) is 24.4. The summed E-state index contributed by atoms with van der Waals surface area (Å²) >= 11 is 0. The molecule has 2 aromatic carbocycles. The van der Waals surface area contributed by atoms with Gasteiger partial charge in [0.15, 0.2) is 0 Å². The van der Waals surface area contributed by atoms with Gasteiger partial charge in [-0.3, -0.25) is 9.62 Å². The number of hydrogen-bond acceptors (Lipinski definition) is 7. The molecule has 1 heterocycles. The van der Waals surface area contributed by atoms with Gasteiger partial charge in [-0.25, -0.2) is 22.4 Å². The quantitative estimate of drug-likeness (QED) is 0.650. The molecule has 11 heteroatoms. The van der Waals surface area contributed by atoms with Crippen LogP contribution < -0.4 is 14.4 Å². The first kappa shape index (κ1) is 24.3. The summed E-state index contributed by atoms with van der Waals surface area (Å²) in [5.41, 5.74) is -0.388. The van der Waals surface area contributed by atoms with Gasteiger partial charge >= 0.3 is 12.1 Å². The number of benzene rings is 2. The van der Waals surface area contributed by atoms with Crippen LogP contribution in [0.25, 0.3) is 0 Å². The number of nitrogens with one attached hydrogen (secondary N) is 1. The Balaban J connectivity index is 2.01. The first-order valence-corrected chi connectivity index (χ1v) is 11.6. The minimum Gasteiger partial charge on any atom is -0.475 e. The Morgan fingerprint density at radius 3 is 2.45 bits per heavy atom. The fraction of sp³-hybridized carbons (Fsp3) is 0.364. The maximum Gasteiger partial charge on any atom is 0.412 e. The van der Waals surface area contributed by atoms with Gasteiger partial charge in [0.1, 0.15) is 17.2 Å². The summed E-state index contributed by atoms with van der Waals surface area (Å²) in [5, 5.41) is 2.54. The molecule has 178 valence electrons. The number of ether oxygens (including phenoxy) is 3. The van der Waals surface area contributed by atoms with Gasteiger partial charge in [-0.2, -0.15) is 0 Å². The van der Waals surface area contributed by atoms with Crippen LogP contribution in [0, 0.1) is 5.82 Å². The fourth-order valence-corrected chi connectivity index (χ4v) is 4.54. The number of anilines is 2. The zero-order valence-electron chi connectivity index (χ0n) is 18.6. The van der Waals surface area contributed by atoms with Gasteiger partial charge in [-0.1, -0.05) is 0 Å². The lowest BCUT2D eigenvalue weighted by Crippen LogP contribution is -2.47. The van der Waals surface area contributed by atoms with E-state index in [0.29, 0.717) is 0 Å². The average molecular weight is 481 g/mol. The Morgan fingerprint density at radius 1 is 1.18 bits per heavy atom. The summed E-state index contributed by atoms with van der Waals surface area (Å²) in [6.45, 7) is 6.46. The molecule has 0 aromatic heterocycles. The van der Waals surface area contributed by atoms with Crippen molar-refractivity contribution in [2.24, 2.45) is 0 Å². The highest BCUT2D eigenvalue weighted by atomic mass is 32.2. The lowest BCUT2D eigenvalue weighted by Gasteiger charge is -2.34. The van der Waals surface area contributed by atoms with Gasteiger partial charge < -0.3 is 14.2 Å². The largest absolute Gasteiger partial charge is 0.475 e. The van der Waals surface area contributed by atoms with Crippen LogP contribution in [0.1, 0.15) is 27.7 Å². The van der Waals surface area contributed by atoms with E-state index in [1.165, 1.54) is 18.2 Å². The zero-order valence-corrected chi connectivity index (χ0v) is 19.4. The molecule has 0 saturated heterocycles. The molecular weight excluding hydrogens is 455 g/mol. The van der Waals surface area contributed by atoms with Crippen LogP contribution in [0.3, 0.4) is 0 Å².